The van der Waals surface area contributed by atoms with Crippen LogP contribution >= 0.6 is 0 Å². The van der Waals surface area contributed by atoms with Crippen molar-refractivity contribution in [2.24, 2.45) is 0 Å². The van der Waals surface area contributed by atoms with Gasteiger partial charge in [-0.1, -0.05) is 0 Å². The second kappa shape index (κ2) is 4.79. The number of nitrogen functional groups attached to an aromatic ring is 1. The van der Waals surface area contributed by atoms with Crippen molar-refractivity contribution in [1.82, 2.24) is 15.1 Å². The van der Waals surface area contributed by atoms with Gasteiger partial charge in [0, 0.05) is 18.8 Å². The topological polar surface area (TPSA) is 93.2 Å². The third-order valence-corrected chi connectivity index (χ3v) is 1.98. The highest BCUT2D eigenvalue weighted by atomic mass is 16.3. The van der Waals surface area contributed by atoms with E-state index in [0.717, 1.165) is 0 Å². The summed E-state index contributed by atoms with van der Waals surface area (Å²) >= 11 is 0. The first kappa shape index (κ1) is 11.5. The van der Waals surface area contributed by atoms with Gasteiger partial charge in [-0.05, 0) is 13.8 Å². The Hall–Kier alpha value is -1.56. The highest BCUT2D eigenvalue weighted by Crippen LogP contribution is 2.08. The quantitative estimate of drug-likeness (QED) is 0.633. The number of anilines is 1. The summed E-state index contributed by atoms with van der Waals surface area (Å²) in [5.41, 5.74) is 6.18. The van der Waals surface area contributed by atoms with Crippen LogP contribution in [0.1, 0.15) is 24.3 Å². The molecule has 1 heterocycles. The number of carbonyl (C=O) groups excluding carboxylic acids is 1. The van der Waals surface area contributed by atoms with E-state index in [1.807, 2.05) is 6.92 Å². The zero-order chi connectivity index (χ0) is 11.4. The summed E-state index contributed by atoms with van der Waals surface area (Å²) in [6.45, 7) is 4.16. The van der Waals surface area contributed by atoms with Gasteiger partial charge in [0.15, 0.2) is 5.69 Å². The molecule has 1 rings (SSSR count). The lowest BCUT2D eigenvalue weighted by Crippen LogP contribution is -2.35. The van der Waals surface area contributed by atoms with Crippen molar-refractivity contribution in [2.75, 3.05) is 12.3 Å². The molecule has 1 aromatic heterocycles. The highest BCUT2D eigenvalue weighted by molar-refractivity contribution is 5.97. The normalized spacial score (nSPS) is 12.5. The Morgan fingerprint density at radius 2 is 2.47 bits per heavy atom. The molecule has 0 radical (unpaired) electrons. The monoisotopic (exact) mass is 212 g/mol. The molecule has 0 aromatic carbocycles. The molecule has 0 saturated carbocycles. The van der Waals surface area contributed by atoms with Crippen LogP contribution in [0.3, 0.4) is 0 Å². The van der Waals surface area contributed by atoms with Crippen molar-refractivity contribution in [3.63, 3.8) is 0 Å². The predicted molar refractivity (Wildman–Crippen MR) is 56.3 cm³/mol. The lowest BCUT2D eigenvalue weighted by Gasteiger charge is -2.09. The van der Waals surface area contributed by atoms with Crippen molar-refractivity contribution in [3.8, 4) is 0 Å². The van der Waals surface area contributed by atoms with Crippen molar-refractivity contribution in [1.29, 1.82) is 0 Å². The Balaban J connectivity index is 2.77. The van der Waals surface area contributed by atoms with Crippen LogP contribution in [-0.4, -0.2) is 33.4 Å². The van der Waals surface area contributed by atoms with E-state index in [4.69, 9.17) is 10.8 Å². The number of amides is 1. The van der Waals surface area contributed by atoms with Gasteiger partial charge in [0.25, 0.3) is 5.91 Å². The van der Waals surface area contributed by atoms with E-state index >= 15 is 0 Å². The number of aliphatic hydroxyl groups excluding tert-OH is 1. The first-order valence-corrected chi connectivity index (χ1v) is 4.83. The van der Waals surface area contributed by atoms with E-state index in [9.17, 15) is 4.79 Å². The molecule has 0 aliphatic carbocycles. The fraction of sp³-hybridized carbons (Fsp3) is 0.556. The fourth-order valence-electron chi connectivity index (χ4n) is 1.11. The first-order valence-electron chi connectivity index (χ1n) is 4.83. The molecule has 84 valence electrons. The van der Waals surface area contributed by atoms with Crippen molar-refractivity contribution >= 4 is 11.6 Å². The number of nitrogens with two attached hydrogens (primary N) is 1. The molecule has 6 nitrogen and oxygen atoms in total. The minimum absolute atomic E-state index is 0.111. The maximum atomic E-state index is 11.6. The number of rotatable bonds is 4. The zero-order valence-electron chi connectivity index (χ0n) is 8.90. The minimum Gasteiger partial charge on any atom is -0.396 e. The molecule has 0 aliphatic rings. The molecule has 1 aromatic rings. The summed E-state index contributed by atoms with van der Waals surface area (Å²) in [6.07, 6.45) is 1.61. The Bertz CT molecular complexity index is 348. The third-order valence-electron chi connectivity index (χ3n) is 1.98. The Morgan fingerprint density at radius 1 is 1.80 bits per heavy atom. The number of carbonyl (C=O) groups is 1. The Labute approximate surface area is 88.1 Å². The molecular weight excluding hydrogens is 196 g/mol. The van der Waals surface area contributed by atoms with Gasteiger partial charge < -0.3 is 16.2 Å². The predicted octanol–water partition coefficient (Wildman–Crippen LogP) is -0.404. The Morgan fingerprint density at radius 3 is 2.93 bits per heavy atom. The van der Waals surface area contributed by atoms with E-state index in [2.05, 4.69) is 10.4 Å². The van der Waals surface area contributed by atoms with Crippen LogP contribution < -0.4 is 11.1 Å². The second-order valence-electron chi connectivity index (χ2n) is 3.35. The minimum atomic E-state index is -0.360. The van der Waals surface area contributed by atoms with Gasteiger partial charge in [-0.3, -0.25) is 9.48 Å². The van der Waals surface area contributed by atoms with Crippen LogP contribution in [0.4, 0.5) is 5.69 Å². The molecule has 0 bridgehead atoms. The summed E-state index contributed by atoms with van der Waals surface area (Å²) in [5, 5.41) is 15.4. The Kier molecular flexibility index (Phi) is 3.68. The van der Waals surface area contributed by atoms with E-state index in [1.54, 1.807) is 17.8 Å². The zero-order valence-corrected chi connectivity index (χ0v) is 8.90. The van der Waals surface area contributed by atoms with Gasteiger partial charge >= 0.3 is 0 Å². The molecule has 15 heavy (non-hydrogen) atoms. The number of aromatic nitrogens is 2. The van der Waals surface area contributed by atoms with Gasteiger partial charge in [-0.25, -0.2) is 0 Å². The van der Waals surface area contributed by atoms with Crippen LogP contribution in [0.25, 0.3) is 0 Å². The summed E-state index contributed by atoms with van der Waals surface area (Å²) in [4.78, 5) is 11.6. The molecule has 0 unspecified atom stereocenters. The molecule has 0 aliphatic heterocycles. The average Bonchev–Trinajstić information content (AvgIpc) is 2.59. The van der Waals surface area contributed by atoms with E-state index in [-0.39, 0.29) is 24.2 Å². The average molecular weight is 212 g/mol. The number of aryl methyl sites for hydroxylation is 1. The van der Waals surface area contributed by atoms with Crippen molar-refractivity contribution < 1.29 is 9.90 Å². The third kappa shape index (κ3) is 2.69. The molecule has 4 N–H and O–H groups in total. The SMILES string of the molecule is CCn1cc(N)c(C(=O)N[C@H](C)CO)n1. The molecule has 0 saturated heterocycles. The molecule has 0 spiro atoms. The van der Waals surface area contributed by atoms with Gasteiger partial charge in [0.05, 0.1) is 12.3 Å². The lowest BCUT2D eigenvalue weighted by atomic mass is 10.3. The second-order valence-corrected chi connectivity index (χ2v) is 3.35. The van der Waals surface area contributed by atoms with Crippen LogP contribution in [0.15, 0.2) is 6.20 Å². The van der Waals surface area contributed by atoms with E-state index < -0.39 is 0 Å². The lowest BCUT2D eigenvalue weighted by molar-refractivity contribution is 0.0917. The molecule has 6 heteroatoms. The molecular formula is C9H16N4O2. The highest BCUT2D eigenvalue weighted by Gasteiger charge is 2.15. The fourth-order valence-corrected chi connectivity index (χ4v) is 1.11. The van der Waals surface area contributed by atoms with E-state index in [1.165, 1.54) is 0 Å². The summed E-state index contributed by atoms with van der Waals surface area (Å²) in [5.74, 6) is -0.360. The van der Waals surface area contributed by atoms with Gasteiger partial charge in [-0.15, -0.1) is 0 Å². The van der Waals surface area contributed by atoms with Gasteiger partial charge in [0.2, 0.25) is 0 Å². The summed E-state index contributed by atoms with van der Waals surface area (Å²) in [7, 11) is 0. The number of hydrogen-bond acceptors (Lipinski definition) is 4. The summed E-state index contributed by atoms with van der Waals surface area (Å²) < 4.78 is 1.59. The number of nitrogens with zero attached hydrogens (tertiary/aromatic N) is 2. The molecule has 0 fully saturated rings. The van der Waals surface area contributed by atoms with Crippen LogP contribution in [0.5, 0.6) is 0 Å². The van der Waals surface area contributed by atoms with Crippen LogP contribution in [0.2, 0.25) is 0 Å². The van der Waals surface area contributed by atoms with Crippen LogP contribution in [0, 0.1) is 0 Å². The van der Waals surface area contributed by atoms with Crippen LogP contribution in [-0.2, 0) is 6.54 Å². The maximum absolute atomic E-state index is 11.6. The molecule has 1 atom stereocenters. The standard InChI is InChI=1S/C9H16N4O2/c1-3-13-4-7(10)8(12-13)9(15)11-6(2)5-14/h4,6,14H,3,5,10H2,1-2H3,(H,11,15)/t6-/m1/s1. The van der Waals surface area contributed by atoms with Gasteiger partial charge in [0.1, 0.15) is 0 Å². The van der Waals surface area contributed by atoms with E-state index in [0.29, 0.717) is 12.2 Å². The maximum Gasteiger partial charge on any atom is 0.274 e. The molecule has 1 amide bonds. The largest absolute Gasteiger partial charge is 0.396 e. The van der Waals surface area contributed by atoms with Crippen molar-refractivity contribution in [3.05, 3.63) is 11.9 Å². The van der Waals surface area contributed by atoms with Crippen molar-refractivity contribution in [2.45, 2.75) is 26.4 Å². The number of nitrogens with one attached hydrogen (secondary N) is 1. The smallest absolute Gasteiger partial charge is 0.274 e. The number of hydrogen-bond donors (Lipinski definition) is 3. The first-order chi connectivity index (χ1) is 7.08. The van der Waals surface area contributed by atoms with Gasteiger partial charge in [-0.2, -0.15) is 5.10 Å². The summed E-state index contributed by atoms with van der Waals surface area (Å²) in [6, 6.07) is -0.302. The number of aliphatic hydroxyl groups is 1.